The first-order valence-electron chi connectivity index (χ1n) is 6.26. The number of halogens is 1. The summed E-state index contributed by atoms with van der Waals surface area (Å²) in [4.78, 5) is 0. The molecule has 0 aliphatic heterocycles. The molecule has 2 aromatic rings. The van der Waals surface area contributed by atoms with Crippen LogP contribution in [0.3, 0.4) is 0 Å². The summed E-state index contributed by atoms with van der Waals surface area (Å²) in [7, 11) is 0. The maximum absolute atomic E-state index is 5.69. The Bertz CT molecular complexity index is 510. The van der Waals surface area contributed by atoms with Gasteiger partial charge >= 0.3 is 0 Å². The number of hydrogen-bond donors (Lipinski definition) is 0. The minimum atomic E-state index is 0.748. The van der Waals surface area contributed by atoms with Gasteiger partial charge in [-0.25, -0.2) is 0 Å². The molecule has 0 radical (unpaired) electrons. The van der Waals surface area contributed by atoms with Crippen molar-refractivity contribution in [3.8, 4) is 5.75 Å². The van der Waals surface area contributed by atoms with Crippen LogP contribution in [-0.4, -0.2) is 12.4 Å². The van der Waals surface area contributed by atoms with Gasteiger partial charge in [0.15, 0.2) is 0 Å². The smallest absolute Gasteiger partial charge is 0.119 e. The lowest BCUT2D eigenvalue weighted by Gasteiger charge is -2.07. The predicted molar refractivity (Wildman–Crippen MR) is 87.0 cm³/mol. The van der Waals surface area contributed by atoms with E-state index in [1.54, 1.807) is 0 Å². The first kappa shape index (κ1) is 14.5. The van der Waals surface area contributed by atoms with Crippen LogP contribution in [0.2, 0.25) is 0 Å². The van der Waals surface area contributed by atoms with Crippen LogP contribution in [0.15, 0.2) is 53.0 Å². The monoisotopic (exact) mass is 336 g/mol. The van der Waals surface area contributed by atoms with Gasteiger partial charge in [0.25, 0.3) is 0 Å². The topological polar surface area (TPSA) is 9.23 Å². The van der Waals surface area contributed by atoms with Crippen molar-refractivity contribution in [3.63, 3.8) is 0 Å². The van der Waals surface area contributed by atoms with Crippen molar-refractivity contribution in [2.45, 2.75) is 12.7 Å². The Morgan fingerprint density at radius 2 is 1.79 bits per heavy atom. The molecule has 100 valence electrons. The molecule has 0 saturated carbocycles. The third kappa shape index (κ3) is 4.92. The molecule has 0 bridgehead atoms. The standard InChI is InChI=1S/C16H17BrOS/c1-13-4-2-3-5-14(13)12-19-11-10-18-16-8-6-15(17)7-9-16/h2-9H,10-12H2,1H3. The lowest BCUT2D eigenvalue weighted by Crippen LogP contribution is -2.00. The number of ether oxygens (including phenoxy) is 1. The van der Waals surface area contributed by atoms with Crippen molar-refractivity contribution in [2.24, 2.45) is 0 Å². The van der Waals surface area contributed by atoms with Gasteiger partial charge in [-0.05, 0) is 42.3 Å². The van der Waals surface area contributed by atoms with Crippen LogP contribution >= 0.6 is 27.7 Å². The Labute approximate surface area is 127 Å². The third-order valence-electron chi connectivity index (χ3n) is 2.83. The summed E-state index contributed by atoms with van der Waals surface area (Å²) < 4.78 is 6.77. The van der Waals surface area contributed by atoms with E-state index in [2.05, 4.69) is 47.1 Å². The fraction of sp³-hybridized carbons (Fsp3) is 0.250. The van der Waals surface area contributed by atoms with Crippen molar-refractivity contribution in [2.75, 3.05) is 12.4 Å². The van der Waals surface area contributed by atoms with Gasteiger partial charge in [0.2, 0.25) is 0 Å². The Balaban J connectivity index is 1.67. The molecule has 2 aromatic carbocycles. The van der Waals surface area contributed by atoms with E-state index < -0.39 is 0 Å². The van der Waals surface area contributed by atoms with Crippen LogP contribution in [0, 0.1) is 6.92 Å². The normalized spacial score (nSPS) is 10.4. The minimum Gasteiger partial charge on any atom is -0.493 e. The summed E-state index contributed by atoms with van der Waals surface area (Å²) in [5.41, 5.74) is 2.78. The highest BCUT2D eigenvalue weighted by atomic mass is 79.9. The molecule has 0 amide bonds. The zero-order valence-electron chi connectivity index (χ0n) is 10.9. The van der Waals surface area contributed by atoms with Gasteiger partial charge in [0.1, 0.15) is 5.75 Å². The van der Waals surface area contributed by atoms with Crippen molar-refractivity contribution in [1.82, 2.24) is 0 Å². The Morgan fingerprint density at radius 3 is 2.53 bits per heavy atom. The summed E-state index contributed by atoms with van der Waals surface area (Å²) in [5.74, 6) is 2.99. The second-order valence-electron chi connectivity index (χ2n) is 4.28. The van der Waals surface area contributed by atoms with E-state index in [1.165, 1.54) is 11.1 Å². The Morgan fingerprint density at radius 1 is 1.05 bits per heavy atom. The van der Waals surface area contributed by atoms with E-state index >= 15 is 0 Å². The van der Waals surface area contributed by atoms with Crippen molar-refractivity contribution >= 4 is 27.7 Å². The maximum Gasteiger partial charge on any atom is 0.119 e. The SMILES string of the molecule is Cc1ccccc1CSCCOc1ccc(Br)cc1. The van der Waals surface area contributed by atoms with E-state index in [-0.39, 0.29) is 0 Å². The molecule has 0 heterocycles. The van der Waals surface area contributed by atoms with Gasteiger partial charge in [0.05, 0.1) is 6.61 Å². The zero-order chi connectivity index (χ0) is 13.5. The van der Waals surface area contributed by atoms with Gasteiger partial charge in [-0.15, -0.1) is 0 Å². The highest BCUT2D eigenvalue weighted by Gasteiger charge is 1.98. The molecule has 2 rings (SSSR count). The highest BCUT2D eigenvalue weighted by Crippen LogP contribution is 2.18. The Hall–Kier alpha value is -0.930. The fourth-order valence-corrected chi connectivity index (χ4v) is 2.86. The van der Waals surface area contributed by atoms with E-state index in [4.69, 9.17) is 4.74 Å². The molecule has 0 unspecified atom stereocenters. The number of benzene rings is 2. The average Bonchev–Trinajstić information content (AvgIpc) is 2.42. The summed E-state index contributed by atoms with van der Waals surface area (Å²) in [6, 6.07) is 16.5. The Kier molecular flexibility index (Phi) is 5.80. The lowest BCUT2D eigenvalue weighted by atomic mass is 10.1. The first-order chi connectivity index (χ1) is 9.25. The van der Waals surface area contributed by atoms with E-state index in [0.29, 0.717) is 0 Å². The molecular weight excluding hydrogens is 320 g/mol. The molecule has 1 nitrogen and oxygen atoms in total. The summed E-state index contributed by atoms with van der Waals surface area (Å²) in [6.45, 7) is 2.91. The largest absolute Gasteiger partial charge is 0.493 e. The molecule has 19 heavy (non-hydrogen) atoms. The molecule has 0 aliphatic carbocycles. The average molecular weight is 337 g/mol. The molecule has 0 fully saturated rings. The van der Waals surface area contributed by atoms with Gasteiger partial charge in [-0.3, -0.25) is 0 Å². The quantitative estimate of drug-likeness (QED) is 0.681. The van der Waals surface area contributed by atoms with Crippen LogP contribution in [0.1, 0.15) is 11.1 Å². The molecule has 0 aliphatic rings. The first-order valence-corrected chi connectivity index (χ1v) is 8.21. The molecule has 0 aromatic heterocycles. The summed E-state index contributed by atoms with van der Waals surface area (Å²) in [5, 5.41) is 0. The molecule has 0 spiro atoms. The lowest BCUT2D eigenvalue weighted by molar-refractivity contribution is 0.344. The van der Waals surface area contributed by atoms with Gasteiger partial charge in [0, 0.05) is 16.0 Å². The van der Waals surface area contributed by atoms with Crippen LogP contribution in [0.4, 0.5) is 0 Å². The third-order valence-corrected chi connectivity index (χ3v) is 4.33. The zero-order valence-corrected chi connectivity index (χ0v) is 13.3. The van der Waals surface area contributed by atoms with Crippen LogP contribution < -0.4 is 4.74 Å². The number of hydrogen-bond acceptors (Lipinski definition) is 2. The fourth-order valence-electron chi connectivity index (χ4n) is 1.70. The van der Waals surface area contributed by atoms with Crippen LogP contribution in [0.25, 0.3) is 0 Å². The highest BCUT2D eigenvalue weighted by molar-refractivity contribution is 9.10. The minimum absolute atomic E-state index is 0.748. The van der Waals surface area contributed by atoms with E-state index in [0.717, 1.165) is 28.3 Å². The predicted octanol–water partition coefficient (Wildman–Crippen LogP) is 5.07. The maximum atomic E-state index is 5.69. The van der Waals surface area contributed by atoms with Crippen molar-refractivity contribution < 1.29 is 4.74 Å². The van der Waals surface area contributed by atoms with E-state index in [9.17, 15) is 0 Å². The van der Waals surface area contributed by atoms with Crippen molar-refractivity contribution in [1.29, 1.82) is 0 Å². The second kappa shape index (κ2) is 7.61. The van der Waals surface area contributed by atoms with Gasteiger partial charge < -0.3 is 4.74 Å². The summed E-state index contributed by atoms with van der Waals surface area (Å²) in [6.07, 6.45) is 0. The number of aryl methyl sites for hydroxylation is 1. The summed E-state index contributed by atoms with van der Waals surface area (Å²) >= 11 is 5.32. The second-order valence-corrected chi connectivity index (χ2v) is 6.30. The molecule has 3 heteroatoms. The van der Waals surface area contributed by atoms with Gasteiger partial charge in [-0.1, -0.05) is 40.2 Å². The van der Waals surface area contributed by atoms with Crippen LogP contribution in [-0.2, 0) is 5.75 Å². The van der Waals surface area contributed by atoms with Gasteiger partial charge in [-0.2, -0.15) is 11.8 Å². The molecule has 0 atom stereocenters. The van der Waals surface area contributed by atoms with E-state index in [1.807, 2.05) is 36.0 Å². The molecule has 0 N–H and O–H groups in total. The molecule has 0 saturated heterocycles. The number of rotatable bonds is 6. The van der Waals surface area contributed by atoms with Crippen LogP contribution in [0.5, 0.6) is 5.75 Å². The molecular formula is C16H17BrOS. The number of thioether (sulfide) groups is 1. The van der Waals surface area contributed by atoms with Crippen molar-refractivity contribution in [3.05, 3.63) is 64.1 Å².